The van der Waals surface area contributed by atoms with Gasteiger partial charge in [0.15, 0.2) is 6.29 Å². The lowest BCUT2D eigenvalue weighted by Crippen LogP contribution is -2.64. The summed E-state index contributed by atoms with van der Waals surface area (Å²) < 4.78 is 11.1. The van der Waals surface area contributed by atoms with E-state index in [-0.39, 0.29) is 25.2 Å². The lowest BCUT2D eigenvalue weighted by Gasteiger charge is -2.42. The Balaban J connectivity index is 1.71. The Morgan fingerprint density at radius 3 is 2.55 bits per heavy atom. The van der Waals surface area contributed by atoms with E-state index in [4.69, 9.17) is 9.47 Å². The smallest absolute Gasteiger partial charge is 0.222 e. The summed E-state index contributed by atoms with van der Waals surface area (Å²) in [7, 11) is 0. The van der Waals surface area contributed by atoms with Crippen LogP contribution in [0.15, 0.2) is 0 Å². The number of amides is 2. The number of carbonyl (C=O) groups excluding carboxylic acids is 2. The summed E-state index contributed by atoms with van der Waals surface area (Å²) in [5, 5.41) is 41.3. The van der Waals surface area contributed by atoms with Gasteiger partial charge in [0, 0.05) is 26.5 Å². The van der Waals surface area contributed by atoms with Crippen LogP contribution >= 0.6 is 0 Å². The first kappa shape index (κ1) is 24.0. The highest BCUT2D eigenvalue weighted by Crippen LogP contribution is 2.23. The number of aliphatic hydroxyl groups excluding tert-OH is 4. The van der Waals surface area contributed by atoms with Gasteiger partial charge in [0.1, 0.15) is 24.4 Å². The van der Waals surface area contributed by atoms with E-state index in [0.717, 1.165) is 19.3 Å². The lowest BCUT2D eigenvalue weighted by atomic mass is 9.97. The van der Waals surface area contributed by atoms with E-state index in [2.05, 4.69) is 5.32 Å². The Morgan fingerprint density at radius 1 is 1.14 bits per heavy atom. The average molecular weight is 418 g/mol. The molecule has 10 heteroatoms. The Kier molecular flexibility index (Phi) is 9.73. The zero-order valence-electron chi connectivity index (χ0n) is 16.9. The highest BCUT2D eigenvalue weighted by atomic mass is 16.7. The van der Waals surface area contributed by atoms with Gasteiger partial charge in [-0.15, -0.1) is 0 Å². The molecule has 2 rings (SSSR count). The van der Waals surface area contributed by atoms with Crippen LogP contribution in [0.4, 0.5) is 0 Å². The van der Waals surface area contributed by atoms with Gasteiger partial charge in [0.05, 0.1) is 19.3 Å². The van der Waals surface area contributed by atoms with Crippen molar-refractivity contribution in [2.45, 2.75) is 82.1 Å². The second kappa shape index (κ2) is 11.8. The van der Waals surface area contributed by atoms with Crippen LogP contribution in [0, 0.1) is 0 Å². The molecule has 2 amide bonds. The molecule has 0 aromatic rings. The van der Waals surface area contributed by atoms with Gasteiger partial charge in [-0.3, -0.25) is 9.59 Å². The van der Waals surface area contributed by atoms with Gasteiger partial charge in [-0.1, -0.05) is 6.42 Å². The van der Waals surface area contributed by atoms with Gasteiger partial charge in [0.2, 0.25) is 11.8 Å². The number of rotatable bonds is 10. The molecule has 0 saturated carbocycles. The molecule has 0 spiro atoms. The van der Waals surface area contributed by atoms with Gasteiger partial charge in [-0.25, -0.2) is 0 Å². The molecular weight excluding hydrogens is 384 g/mol. The molecule has 5 N–H and O–H groups in total. The second-order valence-corrected chi connectivity index (χ2v) is 7.68. The molecule has 2 aliphatic rings. The predicted octanol–water partition coefficient (Wildman–Crippen LogP) is -1.51. The van der Waals surface area contributed by atoms with Crippen molar-refractivity contribution in [3.05, 3.63) is 0 Å². The van der Waals surface area contributed by atoms with Crippen molar-refractivity contribution in [1.29, 1.82) is 0 Å². The first-order valence-electron chi connectivity index (χ1n) is 10.3. The minimum atomic E-state index is -1.34. The van der Waals surface area contributed by atoms with E-state index < -0.39 is 43.2 Å². The molecule has 168 valence electrons. The predicted molar refractivity (Wildman–Crippen MR) is 102 cm³/mol. The molecule has 2 heterocycles. The van der Waals surface area contributed by atoms with Gasteiger partial charge in [-0.05, 0) is 25.7 Å². The normalized spacial score (nSPS) is 32.4. The van der Waals surface area contributed by atoms with Crippen molar-refractivity contribution in [2.75, 3.05) is 26.4 Å². The minimum absolute atomic E-state index is 0.00577. The maximum absolute atomic E-state index is 12.2. The number of unbranched alkanes of at least 4 members (excludes halogenated alkanes) is 2. The Hall–Kier alpha value is -1.30. The fourth-order valence-corrected chi connectivity index (χ4v) is 3.86. The third kappa shape index (κ3) is 6.59. The van der Waals surface area contributed by atoms with Crippen molar-refractivity contribution in [3.8, 4) is 0 Å². The number of likely N-dealkylation sites (tertiary alicyclic amines) is 1. The maximum Gasteiger partial charge on any atom is 0.222 e. The zero-order chi connectivity index (χ0) is 21.4. The van der Waals surface area contributed by atoms with Crippen LogP contribution < -0.4 is 5.32 Å². The molecule has 0 bridgehead atoms. The van der Waals surface area contributed by atoms with Crippen molar-refractivity contribution < 1.29 is 39.5 Å². The summed E-state index contributed by atoms with van der Waals surface area (Å²) in [5.74, 6) is -0.339. The van der Waals surface area contributed by atoms with Gasteiger partial charge in [0.25, 0.3) is 0 Å². The average Bonchev–Trinajstić information content (AvgIpc) is 3.18. The molecule has 0 aromatic carbocycles. The highest BCUT2D eigenvalue weighted by Gasteiger charge is 2.45. The molecule has 2 saturated heterocycles. The summed E-state index contributed by atoms with van der Waals surface area (Å²) in [6.07, 6.45) is -0.381. The monoisotopic (exact) mass is 418 g/mol. The molecule has 0 aliphatic carbocycles. The number of carbonyl (C=O) groups is 2. The largest absolute Gasteiger partial charge is 0.394 e. The molecule has 2 fully saturated rings. The van der Waals surface area contributed by atoms with Crippen LogP contribution in [0.3, 0.4) is 0 Å². The standard InChI is InChI=1S/C19H34N2O8/c1-12(24)20-16-18(27)17(26)14(11-23)29-19(16)28-9-4-2-3-7-15(25)21-8-5-6-13(21)10-22/h13-14,16-19,22-23,26-27H,2-11H2,1H3,(H,20,24)/t13-,14?,16-,17?,18?,19?/m0/s1. The summed E-state index contributed by atoms with van der Waals surface area (Å²) >= 11 is 0. The van der Waals surface area contributed by atoms with E-state index >= 15 is 0 Å². The van der Waals surface area contributed by atoms with Crippen LogP contribution in [-0.2, 0) is 19.1 Å². The summed E-state index contributed by atoms with van der Waals surface area (Å²) in [4.78, 5) is 25.4. The van der Waals surface area contributed by atoms with Crippen LogP contribution in [0.1, 0.15) is 45.4 Å². The summed E-state index contributed by atoms with van der Waals surface area (Å²) in [6, 6.07) is -1.00. The first-order chi connectivity index (χ1) is 13.9. The number of aliphatic hydroxyl groups is 4. The Bertz CT molecular complexity index is 534. The highest BCUT2D eigenvalue weighted by molar-refractivity contribution is 5.76. The fourth-order valence-electron chi connectivity index (χ4n) is 3.86. The number of hydrogen-bond donors (Lipinski definition) is 5. The maximum atomic E-state index is 12.2. The molecule has 4 unspecified atom stereocenters. The number of nitrogens with one attached hydrogen (secondary N) is 1. The molecule has 0 radical (unpaired) electrons. The van der Waals surface area contributed by atoms with E-state index in [0.29, 0.717) is 25.8 Å². The minimum Gasteiger partial charge on any atom is -0.394 e. The van der Waals surface area contributed by atoms with Crippen molar-refractivity contribution in [1.82, 2.24) is 10.2 Å². The second-order valence-electron chi connectivity index (χ2n) is 7.68. The Morgan fingerprint density at radius 2 is 1.90 bits per heavy atom. The van der Waals surface area contributed by atoms with Gasteiger partial charge >= 0.3 is 0 Å². The van der Waals surface area contributed by atoms with E-state index in [1.807, 2.05) is 0 Å². The van der Waals surface area contributed by atoms with Crippen LogP contribution in [0.2, 0.25) is 0 Å². The molecule has 6 atom stereocenters. The number of hydrogen-bond acceptors (Lipinski definition) is 8. The molecule has 29 heavy (non-hydrogen) atoms. The SMILES string of the molecule is CC(=O)N[C@@H]1C(OCCCCCC(=O)N2CCC[C@H]2CO)OC(CO)C(O)C1O. The number of ether oxygens (including phenoxy) is 2. The number of nitrogens with zero attached hydrogens (tertiary/aromatic N) is 1. The van der Waals surface area contributed by atoms with Crippen molar-refractivity contribution >= 4 is 11.8 Å². The quantitative estimate of drug-likeness (QED) is 0.269. The van der Waals surface area contributed by atoms with Crippen LogP contribution in [0.5, 0.6) is 0 Å². The van der Waals surface area contributed by atoms with E-state index in [9.17, 15) is 30.0 Å². The first-order valence-corrected chi connectivity index (χ1v) is 10.3. The van der Waals surface area contributed by atoms with Gasteiger partial charge in [-0.2, -0.15) is 0 Å². The van der Waals surface area contributed by atoms with E-state index in [1.54, 1.807) is 4.90 Å². The lowest BCUT2D eigenvalue weighted by molar-refractivity contribution is -0.270. The summed E-state index contributed by atoms with van der Waals surface area (Å²) in [5.41, 5.74) is 0. The van der Waals surface area contributed by atoms with Crippen molar-refractivity contribution in [3.63, 3.8) is 0 Å². The third-order valence-electron chi connectivity index (χ3n) is 5.48. The van der Waals surface area contributed by atoms with E-state index in [1.165, 1.54) is 6.92 Å². The zero-order valence-corrected chi connectivity index (χ0v) is 16.9. The molecule has 10 nitrogen and oxygen atoms in total. The molecular formula is C19H34N2O8. The van der Waals surface area contributed by atoms with Crippen LogP contribution in [-0.4, -0.2) is 100 Å². The molecule has 0 aromatic heterocycles. The topological polar surface area (TPSA) is 149 Å². The fraction of sp³-hybridized carbons (Fsp3) is 0.895. The third-order valence-corrected chi connectivity index (χ3v) is 5.48. The molecule has 2 aliphatic heterocycles. The van der Waals surface area contributed by atoms with Crippen molar-refractivity contribution in [2.24, 2.45) is 0 Å². The Labute approximate surface area is 170 Å². The van der Waals surface area contributed by atoms with Gasteiger partial charge < -0.3 is 40.1 Å². The summed E-state index contributed by atoms with van der Waals surface area (Å²) in [6.45, 7) is 1.78. The van der Waals surface area contributed by atoms with Crippen LogP contribution in [0.25, 0.3) is 0 Å².